The molecule has 2 heterocycles. The number of morpholine rings is 1. The van der Waals surface area contributed by atoms with Gasteiger partial charge in [-0.1, -0.05) is 12.8 Å². The van der Waals surface area contributed by atoms with Gasteiger partial charge in [-0.15, -0.1) is 0 Å². The topological polar surface area (TPSA) is 80.9 Å². The van der Waals surface area contributed by atoms with Gasteiger partial charge in [0.15, 0.2) is 6.61 Å². The molecule has 1 aromatic carbocycles. The lowest BCUT2D eigenvalue weighted by Crippen LogP contribution is -2.55. The number of aromatic amines is 1. The number of carbonyl (C=O) groups excluding carboxylic acids is 2. The SMILES string of the molecule is COc1ccc2cc(C(=O)OCC(=O)N3CCO[C@H]4CCCC[C@@H]43)[nH]c2c1. The van der Waals surface area contributed by atoms with Gasteiger partial charge in [-0.2, -0.15) is 0 Å². The van der Waals surface area contributed by atoms with Crippen molar-refractivity contribution in [2.75, 3.05) is 26.9 Å². The molecule has 0 bridgehead atoms. The molecule has 1 aliphatic heterocycles. The maximum Gasteiger partial charge on any atom is 0.355 e. The minimum absolute atomic E-state index is 0.110. The van der Waals surface area contributed by atoms with Gasteiger partial charge >= 0.3 is 5.97 Å². The molecular formula is C20H24N2O5. The fourth-order valence-corrected chi connectivity index (χ4v) is 4.04. The maximum atomic E-state index is 12.6. The molecule has 2 atom stereocenters. The Labute approximate surface area is 157 Å². The first kappa shape index (κ1) is 17.9. The zero-order valence-electron chi connectivity index (χ0n) is 15.4. The third-order valence-corrected chi connectivity index (χ3v) is 5.43. The number of H-pyrrole nitrogens is 1. The average Bonchev–Trinajstić information content (AvgIpc) is 3.14. The fourth-order valence-electron chi connectivity index (χ4n) is 4.04. The average molecular weight is 372 g/mol. The second-order valence-corrected chi connectivity index (χ2v) is 7.06. The molecule has 1 amide bonds. The van der Waals surface area contributed by atoms with Crippen molar-refractivity contribution in [2.45, 2.75) is 37.8 Å². The summed E-state index contributed by atoms with van der Waals surface area (Å²) in [5, 5.41) is 0.882. The number of nitrogens with zero attached hydrogens (tertiary/aromatic N) is 1. The number of hydrogen-bond donors (Lipinski definition) is 1. The van der Waals surface area contributed by atoms with E-state index in [2.05, 4.69) is 4.98 Å². The van der Waals surface area contributed by atoms with E-state index in [1.807, 2.05) is 23.1 Å². The van der Waals surface area contributed by atoms with Crippen LogP contribution < -0.4 is 4.74 Å². The largest absolute Gasteiger partial charge is 0.497 e. The standard InChI is InChI=1S/C20H24N2O5/c1-25-14-7-6-13-10-16(21-15(13)11-14)20(24)27-12-19(23)22-8-9-26-18-5-3-2-4-17(18)22/h6-7,10-11,17-18,21H,2-5,8-9,12H2,1H3/t17-,18-/m0/s1. The van der Waals surface area contributed by atoms with Crippen LogP contribution in [0.15, 0.2) is 24.3 Å². The number of methoxy groups -OCH3 is 1. The number of ether oxygens (including phenoxy) is 3. The maximum absolute atomic E-state index is 12.6. The first-order chi connectivity index (χ1) is 13.2. The number of carbonyl (C=O) groups is 2. The van der Waals surface area contributed by atoms with E-state index in [-0.39, 0.29) is 24.7 Å². The van der Waals surface area contributed by atoms with Crippen LogP contribution in [0.1, 0.15) is 36.2 Å². The quantitative estimate of drug-likeness (QED) is 0.834. The Morgan fingerprint density at radius 1 is 1.26 bits per heavy atom. The number of rotatable bonds is 4. The summed E-state index contributed by atoms with van der Waals surface area (Å²) in [4.78, 5) is 29.8. The summed E-state index contributed by atoms with van der Waals surface area (Å²) in [7, 11) is 1.59. The van der Waals surface area contributed by atoms with E-state index < -0.39 is 5.97 Å². The van der Waals surface area contributed by atoms with Crippen LogP contribution >= 0.6 is 0 Å². The lowest BCUT2D eigenvalue weighted by atomic mass is 9.90. The summed E-state index contributed by atoms with van der Waals surface area (Å²) in [5.41, 5.74) is 1.11. The molecule has 7 heteroatoms. The van der Waals surface area contributed by atoms with Gasteiger partial charge < -0.3 is 24.1 Å². The van der Waals surface area contributed by atoms with Crippen LogP contribution in [0.25, 0.3) is 10.9 Å². The van der Waals surface area contributed by atoms with Gasteiger partial charge in [0, 0.05) is 23.5 Å². The van der Waals surface area contributed by atoms with Crippen LogP contribution in [0.5, 0.6) is 5.75 Å². The van der Waals surface area contributed by atoms with Crippen molar-refractivity contribution >= 4 is 22.8 Å². The molecule has 2 fully saturated rings. The molecule has 0 spiro atoms. The third-order valence-electron chi connectivity index (χ3n) is 5.43. The smallest absolute Gasteiger partial charge is 0.355 e. The molecule has 1 aromatic heterocycles. The minimum atomic E-state index is -0.535. The minimum Gasteiger partial charge on any atom is -0.497 e. The number of amides is 1. The molecule has 2 aromatic rings. The summed E-state index contributed by atoms with van der Waals surface area (Å²) in [6.45, 7) is 0.856. The molecule has 7 nitrogen and oxygen atoms in total. The molecule has 2 aliphatic rings. The molecule has 1 saturated heterocycles. The highest BCUT2D eigenvalue weighted by Gasteiger charge is 2.36. The number of aromatic nitrogens is 1. The zero-order chi connectivity index (χ0) is 18.8. The molecular weight excluding hydrogens is 348 g/mol. The van der Waals surface area contributed by atoms with Crippen molar-refractivity contribution in [1.82, 2.24) is 9.88 Å². The van der Waals surface area contributed by atoms with Crippen molar-refractivity contribution < 1.29 is 23.8 Å². The summed E-state index contributed by atoms with van der Waals surface area (Å²) in [6, 6.07) is 7.33. The third kappa shape index (κ3) is 3.64. The highest BCUT2D eigenvalue weighted by molar-refractivity contribution is 5.96. The van der Waals surface area contributed by atoms with Crippen LogP contribution in [0.3, 0.4) is 0 Å². The number of fused-ring (bicyclic) bond motifs is 2. The summed E-state index contributed by atoms with van der Waals surface area (Å²) >= 11 is 0. The van der Waals surface area contributed by atoms with Gasteiger partial charge in [-0.25, -0.2) is 4.79 Å². The van der Waals surface area contributed by atoms with E-state index in [1.165, 1.54) is 0 Å². The molecule has 1 saturated carbocycles. The van der Waals surface area contributed by atoms with Crippen LogP contribution in [-0.4, -0.2) is 60.8 Å². The van der Waals surface area contributed by atoms with Gasteiger partial charge in [-0.05, 0) is 31.0 Å². The van der Waals surface area contributed by atoms with Crippen LogP contribution in [0.4, 0.5) is 0 Å². The van der Waals surface area contributed by atoms with Gasteiger partial charge in [0.05, 0.1) is 25.9 Å². The molecule has 27 heavy (non-hydrogen) atoms. The van der Waals surface area contributed by atoms with Gasteiger partial charge in [0.25, 0.3) is 5.91 Å². The Morgan fingerprint density at radius 2 is 2.11 bits per heavy atom. The number of hydrogen-bond acceptors (Lipinski definition) is 5. The summed E-state index contributed by atoms with van der Waals surface area (Å²) < 4.78 is 16.3. The Hall–Kier alpha value is -2.54. The van der Waals surface area contributed by atoms with Crippen molar-refractivity contribution in [3.63, 3.8) is 0 Å². The molecule has 0 radical (unpaired) electrons. The number of esters is 1. The second kappa shape index (κ2) is 7.60. The molecule has 1 aliphatic carbocycles. The molecule has 1 N–H and O–H groups in total. The number of benzene rings is 1. The Morgan fingerprint density at radius 3 is 2.96 bits per heavy atom. The second-order valence-electron chi connectivity index (χ2n) is 7.06. The van der Waals surface area contributed by atoms with Crippen LogP contribution in [0, 0.1) is 0 Å². The highest BCUT2D eigenvalue weighted by atomic mass is 16.5. The van der Waals surface area contributed by atoms with Crippen LogP contribution in [0.2, 0.25) is 0 Å². The van der Waals surface area contributed by atoms with Crippen molar-refractivity contribution in [3.05, 3.63) is 30.0 Å². The van der Waals surface area contributed by atoms with E-state index in [0.29, 0.717) is 24.6 Å². The lowest BCUT2D eigenvalue weighted by Gasteiger charge is -2.43. The van der Waals surface area contributed by atoms with Gasteiger partial charge in [0.2, 0.25) is 0 Å². The first-order valence-corrected chi connectivity index (χ1v) is 9.40. The van der Waals surface area contributed by atoms with Crippen molar-refractivity contribution in [1.29, 1.82) is 0 Å². The van der Waals surface area contributed by atoms with E-state index in [0.717, 1.165) is 36.6 Å². The summed E-state index contributed by atoms with van der Waals surface area (Å²) in [6.07, 6.45) is 4.31. The van der Waals surface area contributed by atoms with Gasteiger partial charge in [-0.3, -0.25) is 4.79 Å². The monoisotopic (exact) mass is 372 g/mol. The molecule has 4 rings (SSSR count). The normalized spacial score (nSPS) is 22.3. The van der Waals surface area contributed by atoms with Crippen molar-refractivity contribution in [2.24, 2.45) is 0 Å². The predicted molar refractivity (Wildman–Crippen MR) is 98.8 cm³/mol. The van der Waals surface area contributed by atoms with Gasteiger partial charge in [0.1, 0.15) is 11.4 Å². The Balaban J connectivity index is 1.39. The van der Waals surface area contributed by atoms with Crippen molar-refractivity contribution in [3.8, 4) is 5.75 Å². The Bertz CT molecular complexity index is 844. The van der Waals surface area contributed by atoms with E-state index in [1.54, 1.807) is 13.2 Å². The molecule has 0 unspecified atom stereocenters. The fraction of sp³-hybridized carbons (Fsp3) is 0.500. The van der Waals surface area contributed by atoms with E-state index in [4.69, 9.17) is 14.2 Å². The van der Waals surface area contributed by atoms with E-state index in [9.17, 15) is 9.59 Å². The molecule has 144 valence electrons. The van der Waals surface area contributed by atoms with E-state index >= 15 is 0 Å². The highest BCUT2D eigenvalue weighted by Crippen LogP contribution is 2.28. The zero-order valence-corrected chi connectivity index (χ0v) is 15.4. The first-order valence-electron chi connectivity index (χ1n) is 9.40. The Kier molecular flexibility index (Phi) is 5.03. The number of nitrogens with one attached hydrogen (secondary N) is 1. The predicted octanol–water partition coefficient (Wildman–Crippen LogP) is 2.50. The lowest BCUT2D eigenvalue weighted by molar-refractivity contribution is -0.152. The summed E-state index contributed by atoms with van der Waals surface area (Å²) in [5.74, 6) is 0.0158. The van der Waals surface area contributed by atoms with Crippen LogP contribution in [-0.2, 0) is 14.3 Å².